The number of carboxylic acids is 1. The molecule has 0 spiro atoms. The number of halogens is 1. The molecule has 126 valence electrons. The van der Waals surface area contributed by atoms with Crippen LogP contribution in [0.2, 0.25) is 0 Å². The van der Waals surface area contributed by atoms with E-state index in [1.54, 1.807) is 24.3 Å². The van der Waals surface area contributed by atoms with Gasteiger partial charge in [0.05, 0.1) is 17.9 Å². The van der Waals surface area contributed by atoms with Gasteiger partial charge >= 0.3 is 5.97 Å². The Kier molecular flexibility index (Phi) is 4.61. The molecule has 0 saturated carbocycles. The maximum absolute atomic E-state index is 14.3. The number of carbonyl (C=O) groups is 1. The van der Waals surface area contributed by atoms with E-state index >= 15 is 0 Å². The van der Waals surface area contributed by atoms with Crippen LogP contribution in [0.25, 0.3) is 0 Å². The maximum atomic E-state index is 14.3. The second-order valence-corrected chi connectivity index (χ2v) is 5.59. The van der Waals surface area contributed by atoms with Crippen LogP contribution in [0.1, 0.15) is 15.9 Å². The van der Waals surface area contributed by atoms with Crippen molar-refractivity contribution in [1.29, 1.82) is 0 Å². The van der Waals surface area contributed by atoms with Crippen molar-refractivity contribution >= 4 is 17.5 Å². The molecule has 24 heavy (non-hydrogen) atoms. The Balaban J connectivity index is 1.68. The van der Waals surface area contributed by atoms with Crippen LogP contribution in [-0.2, 0) is 6.61 Å². The van der Waals surface area contributed by atoms with Gasteiger partial charge in [-0.25, -0.2) is 14.2 Å². The Bertz CT molecular complexity index is 728. The van der Waals surface area contributed by atoms with E-state index in [4.69, 9.17) is 5.11 Å². The number of rotatable bonds is 4. The summed E-state index contributed by atoms with van der Waals surface area (Å²) in [7, 11) is 0. The average molecular weight is 331 g/mol. The van der Waals surface area contributed by atoms with Gasteiger partial charge in [-0.3, -0.25) is 0 Å². The molecule has 2 heterocycles. The predicted octanol–water partition coefficient (Wildman–Crippen LogP) is 1.74. The van der Waals surface area contributed by atoms with Gasteiger partial charge in [0, 0.05) is 37.9 Å². The Morgan fingerprint density at radius 3 is 2.42 bits per heavy atom. The smallest absolute Gasteiger partial charge is 0.337 e. The minimum absolute atomic E-state index is 0.153. The van der Waals surface area contributed by atoms with Crippen molar-refractivity contribution in [2.24, 2.45) is 0 Å². The molecule has 1 aliphatic heterocycles. The van der Waals surface area contributed by atoms with E-state index in [0.29, 0.717) is 43.2 Å². The number of aromatic carboxylic acids is 1. The molecule has 2 aromatic rings. The van der Waals surface area contributed by atoms with Gasteiger partial charge in [0.1, 0.15) is 5.82 Å². The Morgan fingerprint density at radius 1 is 1.12 bits per heavy atom. The van der Waals surface area contributed by atoms with Crippen LogP contribution in [0.5, 0.6) is 0 Å². The molecule has 0 amide bonds. The molecule has 1 aromatic heterocycles. The number of pyridine rings is 1. The molecule has 7 heteroatoms. The van der Waals surface area contributed by atoms with Crippen molar-refractivity contribution in [1.82, 2.24) is 4.98 Å². The first kappa shape index (κ1) is 16.2. The van der Waals surface area contributed by atoms with Crippen LogP contribution in [-0.4, -0.2) is 47.3 Å². The van der Waals surface area contributed by atoms with Crippen molar-refractivity contribution in [2.45, 2.75) is 6.61 Å². The number of aliphatic hydroxyl groups is 1. The lowest BCUT2D eigenvalue weighted by Gasteiger charge is -2.37. The van der Waals surface area contributed by atoms with Crippen molar-refractivity contribution in [3.05, 3.63) is 53.5 Å². The zero-order valence-electron chi connectivity index (χ0n) is 13.0. The summed E-state index contributed by atoms with van der Waals surface area (Å²) in [5.41, 5.74) is 0.941. The summed E-state index contributed by atoms with van der Waals surface area (Å²) in [6.07, 6.45) is 1.34. The van der Waals surface area contributed by atoms with Gasteiger partial charge in [-0.2, -0.15) is 0 Å². The zero-order valence-corrected chi connectivity index (χ0v) is 13.0. The highest BCUT2D eigenvalue weighted by Gasteiger charge is 2.21. The third-order valence-corrected chi connectivity index (χ3v) is 4.17. The number of nitrogens with zero attached hydrogens (tertiary/aromatic N) is 3. The molecule has 0 radical (unpaired) electrons. The fourth-order valence-corrected chi connectivity index (χ4v) is 2.81. The summed E-state index contributed by atoms with van der Waals surface area (Å²) in [5, 5.41) is 18.1. The fourth-order valence-electron chi connectivity index (χ4n) is 2.81. The van der Waals surface area contributed by atoms with E-state index in [9.17, 15) is 14.3 Å². The standard InChI is InChI=1S/C17H18FN3O3/c18-16-13(11-22)2-1-3-14(16)20-6-8-21(9-7-20)15-5-4-12(10-19-15)17(23)24/h1-5,10,22H,6-9,11H2,(H,23,24). The van der Waals surface area contributed by atoms with Gasteiger partial charge < -0.3 is 20.0 Å². The van der Waals surface area contributed by atoms with Gasteiger partial charge in [0.2, 0.25) is 0 Å². The van der Waals surface area contributed by atoms with E-state index in [2.05, 4.69) is 4.98 Å². The van der Waals surface area contributed by atoms with Gasteiger partial charge in [-0.1, -0.05) is 12.1 Å². The monoisotopic (exact) mass is 331 g/mol. The van der Waals surface area contributed by atoms with Gasteiger partial charge in [0.15, 0.2) is 5.82 Å². The zero-order chi connectivity index (χ0) is 17.1. The largest absolute Gasteiger partial charge is 0.478 e. The highest BCUT2D eigenvalue weighted by Crippen LogP contribution is 2.24. The average Bonchev–Trinajstić information content (AvgIpc) is 2.62. The predicted molar refractivity (Wildman–Crippen MR) is 87.9 cm³/mol. The fraction of sp³-hybridized carbons (Fsp3) is 0.294. The number of aromatic nitrogens is 1. The summed E-state index contributed by atoms with van der Waals surface area (Å²) in [4.78, 5) is 19.0. The SMILES string of the molecule is O=C(O)c1ccc(N2CCN(c3cccc(CO)c3F)CC2)nc1. The number of hydrogen-bond donors (Lipinski definition) is 2. The maximum Gasteiger partial charge on any atom is 0.337 e. The normalized spacial score (nSPS) is 14.8. The first-order chi connectivity index (χ1) is 11.6. The number of hydrogen-bond acceptors (Lipinski definition) is 5. The summed E-state index contributed by atoms with van der Waals surface area (Å²) >= 11 is 0. The van der Waals surface area contributed by atoms with E-state index < -0.39 is 5.97 Å². The van der Waals surface area contributed by atoms with Crippen molar-refractivity contribution in [3.63, 3.8) is 0 Å². The quantitative estimate of drug-likeness (QED) is 0.889. The number of aliphatic hydroxyl groups excluding tert-OH is 1. The molecule has 6 nitrogen and oxygen atoms in total. The summed E-state index contributed by atoms with van der Waals surface area (Å²) in [6.45, 7) is 2.23. The van der Waals surface area contributed by atoms with Crippen LogP contribution in [0, 0.1) is 5.82 Å². The third kappa shape index (κ3) is 3.16. The van der Waals surface area contributed by atoms with Crippen molar-refractivity contribution in [2.75, 3.05) is 36.0 Å². The Hall–Kier alpha value is -2.67. The van der Waals surface area contributed by atoms with Crippen LogP contribution in [0.3, 0.4) is 0 Å². The number of anilines is 2. The van der Waals surface area contributed by atoms with E-state index in [1.165, 1.54) is 12.3 Å². The highest BCUT2D eigenvalue weighted by atomic mass is 19.1. The Morgan fingerprint density at radius 2 is 1.83 bits per heavy atom. The topological polar surface area (TPSA) is 76.9 Å². The van der Waals surface area contributed by atoms with Crippen LogP contribution >= 0.6 is 0 Å². The van der Waals surface area contributed by atoms with Crippen molar-refractivity contribution in [3.8, 4) is 0 Å². The molecule has 0 bridgehead atoms. The molecule has 2 N–H and O–H groups in total. The first-order valence-corrected chi connectivity index (χ1v) is 7.67. The minimum atomic E-state index is -1.00. The lowest BCUT2D eigenvalue weighted by atomic mass is 10.1. The van der Waals surface area contributed by atoms with Crippen molar-refractivity contribution < 1.29 is 19.4 Å². The lowest BCUT2D eigenvalue weighted by Crippen LogP contribution is -2.47. The van der Waals surface area contributed by atoms with E-state index in [0.717, 1.165) is 0 Å². The van der Waals surface area contributed by atoms with Crippen LogP contribution in [0.4, 0.5) is 15.9 Å². The summed E-state index contributed by atoms with van der Waals surface area (Å²) in [6, 6.07) is 8.24. The molecular formula is C17H18FN3O3. The number of piperazine rings is 1. The van der Waals surface area contributed by atoms with E-state index in [1.807, 2.05) is 9.80 Å². The molecule has 0 unspecified atom stereocenters. The van der Waals surface area contributed by atoms with Gasteiger partial charge in [0.25, 0.3) is 0 Å². The molecular weight excluding hydrogens is 313 g/mol. The number of benzene rings is 1. The van der Waals surface area contributed by atoms with E-state index in [-0.39, 0.29) is 18.0 Å². The second kappa shape index (κ2) is 6.84. The lowest BCUT2D eigenvalue weighted by molar-refractivity contribution is 0.0696. The van der Waals surface area contributed by atoms with Gasteiger partial charge in [-0.15, -0.1) is 0 Å². The number of carboxylic acid groups (broad SMARTS) is 1. The minimum Gasteiger partial charge on any atom is -0.478 e. The second-order valence-electron chi connectivity index (χ2n) is 5.59. The molecule has 1 aliphatic rings. The molecule has 1 fully saturated rings. The summed E-state index contributed by atoms with van der Waals surface area (Å²) in [5.74, 6) is -0.667. The van der Waals surface area contributed by atoms with Crippen LogP contribution in [0.15, 0.2) is 36.5 Å². The van der Waals surface area contributed by atoms with Crippen LogP contribution < -0.4 is 9.80 Å². The Labute approximate surface area is 138 Å². The third-order valence-electron chi connectivity index (χ3n) is 4.17. The molecule has 0 atom stereocenters. The summed E-state index contributed by atoms with van der Waals surface area (Å²) < 4.78 is 14.3. The first-order valence-electron chi connectivity index (χ1n) is 7.67. The highest BCUT2D eigenvalue weighted by molar-refractivity contribution is 5.87. The molecule has 1 saturated heterocycles. The molecule has 1 aromatic carbocycles. The molecule has 0 aliphatic carbocycles. The molecule has 3 rings (SSSR count). The van der Waals surface area contributed by atoms with Gasteiger partial charge in [-0.05, 0) is 18.2 Å².